The van der Waals surface area contributed by atoms with Crippen molar-refractivity contribution in [1.29, 1.82) is 0 Å². The molecule has 0 saturated heterocycles. The molecule has 33 heavy (non-hydrogen) atoms. The molecule has 4 rings (SSSR count). The Hall–Kier alpha value is -2.93. The molecule has 0 unspecified atom stereocenters. The van der Waals surface area contributed by atoms with Gasteiger partial charge in [-0.25, -0.2) is 0 Å². The van der Waals surface area contributed by atoms with Gasteiger partial charge in [0.05, 0.1) is 17.9 Å². The number of hydrogen-bond acceptors (Lipinski definition) is 5. The lowest BCUT2D eigenvalue weighted by atomic mass is 10.0. The number of hydrogen-bond donors (Lipinski definition) is 1. The van der Waals surface area contributed by atoms with Gasteiger partial charge in [-0.05, 0) is 35.4 Å². The van der Waals surface area contributed by atoms with Gasteiger partial charge in [-0.2, -0.15) is 0 Å². The molecule has 1 amide bonds. The first-order valence-corrected chi connectivity index (χ1v) is 12.0. The number of fused-ring (bicyclic) bond motifs is 1. The van der Waals surface area contributed by atoms with Crippen LogP contribution in [0.2, 0.25) is 0 Å². The average molecular weight is 450 g/mol. The Morgan fingerprint density at radius 1 is 1.03 bits per heavy atom. The zero-order chi connectivity index (χ0) is 23.4. The van der Waals surface area contributed by atoms with Crippen LogP contribution in [0.1, 0.15) is 66.9 Å². The fourth-order valence-electron chi connectivity index (χ4n) is 4.44. The summed E-state index contributed by atoms with van der Waals surface area (Å²) < 4.78 is 7.26. The molecule has 0 fully saturated rings. The third-order valence-corrected chi connectivity index (χ3v) is 6.24. The molecule has 3 heterocycles. The second kappa shape index (κ2) is 10.3. The summed E-state index contributed by atoms with van der Waals surface area (Å²) in [6.45, 7) is 12.3. The lowest BCUT2D eigenvalue weighted by molar-refractivity contribution is 0.0921. The summed E-state index contributed by atoms with van der Waals surface area (Å²) in [6.07, 6.45) is 4.94. The molecule has 7 nitrogen and oxygen atoms in total. The largest absolute Gasteiger partial charge is 0.472 e. The number of furan rings is 1. The third-order valence-electron chi connectivity index (χ3n) is 6.24. The summed E-state index contributed by atoms with van der Waals surface area (Å²) in [5.74, 6) is 2.51. The van der Waals surface area contributed by atoms with Gasteiger partial charge in [0.2, 0.25) is 0 Å². The number of benzene rings is 1. The molecular weight excluding hydrogens is 414 g/mol. The monoisotopic (exact) mass is 449 g/mol. The Morgan fingerprint density at radius 2 is 1.79 bits per heavy atom. The number of carbonyl (C=O) groups excluding carboxylic acids is 1. The quantitative estimate of drug-likeness (QED) is 0.556. The van der Waals surface area contributed by atoms with Gasteiger partial charge in [-0.1, -0.05) is 52.0 Å². The minimum absolute atomic E-state index is 0.157. The highest BCUT2D eigenvalue weighted by Gasteiger charge is 2.28. The van der Waals surface area contributed by atoms with Gasteiger partial charge in [0.15, 0.2) is 5.82 Å². The average Bonchev–Trinajstić information content (AvgIpc) is 3.41. The molecule has 1 aromatic carbocycles. The SMILES string of the molecule is CC(C)Cc1ccc(CN2CCc3nnc([C@@H](NC(=O)c4ccoc4)C(C)C)n3CC2)cc1. The number of amides is 1. The van der Waals surface area contributed by atoms with Crippen molar-refractivity contribution in [3.8, 4) is 0 Å². The molecule has 3 aromatic rings. The van der Waals surface area contributed by atoms with Crippen molar-refractivity contribution in [2.45, 2.75) is 59.7 Å². The molecule has 0 radical (unpaired) electrons. The van der Waals surface area contributed by atoms with E-state index in [1.165, 1.54) is 23.7 Å². The number of nitrogens with zero attached hydrogens (tertiary/aromatic N) is 4. The van der Waals surface area contributed by atoms with E-state index in [0.29, 0.717) is 11.5 Å². The van der Waals surface area contributed by atoms with Gasteiger partial charge in [0.1, 0.15) is 12.1 Å². The van der Waals surface area contributed by atoms with Gasteiger partial charge in [-0.15, -0.1) is 10.2 Å². The maximum atomic E-state index is 12.7. The normalized spacial score (nSPS) is 15.5. The molecule has 1 atom stereocenters. The minimum atomic E-state index is -0.214. The van der Waals surface area contributed by atoms with E-state index in [1.807, 2.05) is 0 Å². The Kier molecular flexibility index (Phi) is 7.28. The topological polar surface area (TPSA) is 76.2 Å². The highest BCUT2D eigenvalue weighted by atomic mass is 16.3. The second-order valence-electron chi connectivity index (χ2n) is 9.77. The fourth-order valence-corrected chi connectivity index (χ4v) is 4.44. The van der Waals surface area contributed by atoms with Crippen molar-refractivity contribution in [1.82, 2.24) is 25.0 Å². The third kappa shape index (κ3) is 5.71. The molecule has 0 spiro atoms. The number of carbonyl (C=O) groups is 1. The molecule has 0 aliphatic carbocycles. The second-order valence-corrected chi connectivity index (χ2v) is 9.77. The van der Waals surface area contributed by atoms with Crippen LogP contribution in [0.5, 0.6) is 0 Å². The van der Waals surface area contributed by atoms with E-state index in [9.17, 15) is 4.79 Å². The minimum Gasteiger partial charge on any atom is -0.472 e. The molecule has 2 aromatic heterocycles. The van der Waals surface area contributed by atoms with Crippen LogP contribution in [0, 0.1) is 11.8 Å². The Bertz CT molecular complexity index is 1040. The van der Waals surface area contributed by atoms with Crippen LogP contribution < -0.4 is 5.32 Å². The molecule has 0 bridgehead atoms. The maximum absolute atomic E-state index is 12.7. The van der Waals surface area contributed by atoms with Crippen molar-refractivity contribution < 1.29 is 9.21 Å². The van der Waals surface area contributed by atoms with E-state index >= 15 is 0 Å². The van der Waals surface area contributed by atoms with E-state index in [2.05, 4.69) is 76.9 Å². The highest BCUT2D eigenvalue weighted by Crippen LogP contribution is 2.23. The van der Waals surface area contributed by atoms with Crippen LogP contribution >= 0.6 is 0 Å². The van der Waals surface area contributed by atoms with Crippen LogP contribution in [0.3, 0.4) is 0 Å². The summed E-state index contributed by atoms with van der Waals surface area (Å²) in [5.41, 5.74) is 3.26. The molecule has 7 heteroatoms. The molecule has 1 N–H and O–H groups in total. The number of nitrogens with one attached hydrogen (secondary N) is 1. The lowest BCUT2D eigenvalue weighted by Gasteiger charge is -2.23. The van der Waals surface area contributed by atoms with Crippen molar-refractivity contribution in [3.63, 3.8) is 0 Å². The van der Waals surface area contributed by atoms with Crippen LogP contribution in [-0.4, -0.2) is 38.7 Å². The van der Waals surface area contributed by atoms with Crippen LogP contribution in [0.4, 0.5) is 0 Å². The van der Waals surface area contributed by atoms with Crippen LogP contribution in [-0.2, 0) is 25.9 Å². The zero-order valence-electron chi connectivity index (χ0n) is 20.1. The van der Waals surface area contributed by atoms with E-state index < -0.39 is 0 Å². The fraction of sp³-hybridized carbons (Fsp3) is 0.500. The van der Waals surface area contributed by atoms with Crippen molar-refractivity contribution >= 4 is 5.91 Å². The van der Waals surface area contributed by atoms with Crippen LogP contribution in [0.25, 0.3) is 0 Å². The number of aromatic nitrogens is 3. The Balaban J connectivity index is 1.42. The maximum Gasteiger partial charge on any atom is 0.255 e. The Morgan fingerprint density at radius 3 is 2.45 bits per heavy atom. The summed E-state index contributed by atoms with van der Waals surface area (Å²) in [5, 5.41) is 12.1. The van der Waals surface area contributed by atoms with Crippen molar-refractivity contribution in [2.75, 3.05) is 13.1 Å². The highest BCUT2D eigenvalue weighted by molar-refractivity contribution is 5.94. The van der Waals surface area contributed by atoms with E-state index in [1.54, 1.807) is 6.07 Å². The summed E-state index contributed by atoms with van der Waals surface area (Å²) in [7, 11) is 0. The molecule has 0 saturated carbocycles. The summed E-state index contributed by atoms with van der Waals surface area (Å²) in [6, 6.07) is 10.5. The van der Waals surface area contributed by atoms with Crippen LogP contribution in [0.15, 0.2) is 47.3 Å². The van der Waals surface area contributed by atoms with E-state index in [4.69, 9.17) is 4.42 Å². The van der Waals surface area contributed by atoms with E-state index in [-0.39, 0.29) is 17.9 Å². The Labute approximate surface area is 196 Å². The van der Waals surface area contributed by atoms with Crippen molar-refractivity contribution in [2.24, 2.45) is 11.8 Å². The zero-order valence-corrected chi connectivity index (χ0v) is 20.1. The van der Waals surface area contributed by atoms with Gasteiger partial charge in [-0.3, -0.25) is 9.69 Å². The summed E-state index contributed by atoms with van der Waals surface area (Å²) in [4.78, 5) is 15.1. The predicted molar refractivity (Wildman–Crippen MR) is 128 cm³/mol. The molecule has 176 valence electrons. The molecular formula is C26H35N5O2. The van der Waals surface area contributed by atoms with Crippen molar-refractivity contribution in [3.05, 3.63) is 71.2 Å². The molecule has 1 aliphatic heterocycles. The first kappa shape index (κ1) is 23.2. The first-order chi connectivity index (χ1) is 15.9. The van der Waals surface area contributed by atoms with Gasteiger partial charge in [0, 0.05) is 32.6 Å². The van der Waals surface area contributed by atoms with Gasteiger partial charge >= 0.3 is 0 Å². The predicted octanol–water partition coefficient (Wildman–Crippen LogP) is 4.26. The van der Waals surface area contributed by atoms with Gasteiger partial charge < -0.3 is 14.3 Å². The smallest absolute Gasteiger partial charge is 0.255 e. The first-order valence-electron chi connectivity index (χ1n) is 12.0. The van der Waals surface area contributed by atoms with E-state index in [0.717, 1.165) is 50.7 Å². The lowest BCUT2D eigenvalue weighted by Crippen LogP contribution is -2.34. The number of rotatable bonds is 8. The van der Waals surface area contributed by atoms with Gasteiger partial charge in [0.25, 0.3) is 5.91 Å². The molecule has 1 aliphatic rings. The summed E-state index contributed by atoms with van der Waals surface area (Å²) >= 11 is 0. The standard InChI is InChI=1S/C26H35N5O2/c1-18(2)15-20-5-7-21(8-6-20)16-30-11-9-23-28-29-25(31(23)13-12-30)24(19(3)4)27-26(32)22-10-14-33-17-22/h5-8,10,14,17-19,24H,9,11-13,15-16H2,1-4H3,(H,27,32)/t24-/m0/s1.